The molecule has 0 saturated heterocycles. The van der Waals surface area contributed by atoms with Crippen molar-refractivity contribution in [1.29, 1.82) is 0 Å². The van der Waals surface area contributed by atoms with Gasteiger partial charge in [-0.05, 0) is 70.3 Å². The molecule has 5 aromatic carbocycles. The van der Waals surface area contributed by atoms with Crippen LogP contribution in [0.15, 0.2) is 140 Å². The van der Waals surface area contributed by atoms with Gasteiger partial charge in [-0.2, -0.15) is 0 Å². The van der Waals surface area contributed by atoms with Crippen LogP contribution in [-0.2, 0) is 10.8 Å². The number of aromatic nitrogens is 5. The van der Waals surface area contributed by atoms with E-state index in [4.69, 9.17) is 15.0 Å². The van der Waals surface area contributed by atoms with E-state index in [0.717, 1.165) is 56.2 Å². The average molecular weight is 594 g/mol. The summed E-state index contributed by atoms with van der Waals surface area (Å²) in [5, 5.41) is 0. The van der Waals surface area contributed by atoms with E-state index in [1.54, 1.807) is 0 Å². The monoisotopic (exact) mass is 593 g/mol. The molecule has 220 valence electrons. The summed E-state index contributed by atoms with van der Waals surface area (Å²) < 4.78 is 0. The highest BCUT2D eigenvalue weighted by atomic mass is 15.0. The molecule has 3 heterocycles. The maximum atomic E-state index is 5.48. The van der Waals surface area contributed by atoms with Gasteiger partial charge in [0, 0.05) is 11.0 Å². The van der Waals surface area contributed by atoms with Gasteiger partial charge in [-0.3, -0.25) is 0 Å². The summed E-state index contributed by atoms with van der Waals surface area (Å²) in [6, 6.07) is 49.2. The molecule has 1 aliphatic rings. The first-order chi connectivity index (χ1) is 22.5. The normalized spacial score (nSPS) is 14.7. The second-order valence-electron chi connectivity index (χ2n) is 12.7. The van der Waals surface area contributed by atoms with Crippen molar-refractivity contribution in [2.24, 2.45) is 0 Å². The smallest absolute Gasteiger partial charge is 0.157 e. The Balaban J connectivity index is 1.35. The topological polar surface area (TPSA) is 70.2 Å². The van der Waals surface area contributed by atoms with Crippen molar-refractivity contribution >= 4 is 22.1 Å². The van der Waals surface area contributed by atoms with Gasteiger partial charge in [-0.25, -0.2) is 15.0 Å². The Bertz CT molecular complexity index is 2190. The van der Waals surface area contributed by atoms with E-state index in [2.05, 4.69) is 121 Å². The van der Waals surface area contributed by atoms with Crippen LogP contribution < -0.4 is 0 Å². The maximum absolute atomic E-state index is 5.48. The van der Waals surface area contributed by atoms with E-state index in [0.29, 0.717) is 0 Å². The minimum absolute atomic E-state index is 0.205. The van der Waals surface area contributed by atoms with Crippen molar-refractivity contribution in [3.05, 3.63) is 173 Å². The molecule has 0 aliphatic heterocycles. The number of H-pyrrole nitrogens is 2. The molecule has 1 aliphatic carbocycles. The lowest BCUT2D eigenvalue weighted by molar-refractivity contribution is 0.552. The van der Waals surface area contributed by atoms with Crippen molar-refractivity contribution in [2.45, 2.75) is 24.7 Å². The number of para-hydroxylation sites is 4. The number of aromatic amines is 2. The van der Waals surface area contributed by atoms with Crippen LogP contribution in [0.25, 0.3) is 45.0 Å². The predicted molar refractivity (Wildman–Crippen MR) is 185 cm³/mol. The SMILES string of the molecule is CC1(C)c2ccccc2C(c2cccc(-c3nc4ccccc4[nH]3)c2)(c2cccc(-c3nc4ccccc4[nH]3)n2)c2ccccc21. The van der Waals surface area contributed by atoms with E-state index in [1.807, 2.05) is 42.5 Å². The number of benzene rings is 5. The van der Waals surface area contributed by atoms with Gasteiger partial charge in [0.25, 0.3) is 0 Å². The summed E-state index contributed by atoms with van der Waals surface area (Å²) >= 11 is 0. The number of hydrogen-bond acceptors (Lipinski definition) is 3. The summed E-state index contributed by atoms with van der Waals surface area (Å²) in [5.41, 5.74) is 11.9. The first-order valence-electron chi connectivity index (χ1n) is 15.7. The number of hydrogen-bond donors (Lipinski definition) is 2. The van der Waals surface area contributed by atoms with E-state index < -0.39 is 5.41 Å². The highest BCUT2D eigenvalue weighted by molar-refractivity contribution is 5.81. The Kier molecular flexibility index (Phi) is 5.69. The number of pyridine rings is 1. The quantitative estimate of drug-likeness (QED) is 0.214. The fourth-order valence-electron chi connectivity index (χ4n) is 7.57. The van der Waals surface area contributed by atoms with E-state index >= 15 is 0 Å². The third-order valence-corrected chi connectivity index (χ3v) is 9.73. The molecule has 9 rings (SSSR count). The molecule has 0 saturated carbocycles. The molecule has 0 amide bonds. The third-order valence-electron chi connectivity index (χ3n) is 9.73. The Morgan fingerprint density at radius 3 is 1.67 bits per heavy atom. The van der Waals surface area contributed by atoms with Crippen LogP contribution in [0.2, 0.25) is 0 Å². The second-order valence-corrected chi connectivity index (χ2v) is 12.7. The highest BCUT2D eigenvalue weighted by Crippen LogP contribution is 2.55. The molecule has 0 radical (unpaired) electrons. The summed E-state index contributed by atoms with van der Waals surface area (Å²) in [7, 11) is 0. The fraction of sp³-hybridized carbons (Fsp3) is 0.0976. The Hall–Kier alpha value is -5.81. The van der Waals surface area contributed by atoms with Gasteiger partial charge in [-0.1, -0.05) is 111 Å². The van der Waals surface area contributed by atoms with Crippen LogP contribution >= 0.6 is 0 Å². The standard InChI is InChI=1S/C41H31N5/c1-40(2)28-15-3-5-17-30(28)41(31-18-6-4-16-29(31)40,27-14-11-13-26(25-27)38-43-32-19-7-8-20-33(32)44-38)37-24-12-23-36(42-37)39-45-34-21-9-10-22-35(34)46-39/h3-25H,1-2H3,(H,43,44)(H,45,46). The van der Waals surface area contributed by atoms with Gasteiger partial charge in [0.05, 0.1) is 33.2 Å². The van der Waals surface area contributed by atoms with Crippen LogP contribution in [0.5, 0.6) is 0 Å². The van der Waals surface area contributed by atoms with E-state index in [9.17, 15) is 0 Å². The molecule has 5 heteroatoms. The molecule has 0 fully saturated rings. The summed E-state index contributed by atoms with van der Waals surface area (Å²) in [6.07, 6.45) is 0. The minimum Gasteiger partial charge on any atom is -0.338 e. The minimum atomic E-state index is -0.702. The number of nitrogens with zero attached hydrogens (tertiary/aromatic N) is 3. The fourth-order valence-corrected chi connectivity index (χ4v) is 7.57. The molecule has 8 aromatic rings. The van der Waals surface area contributed by atoms with Gasteiger partial charge >= 0.3 is 0 Å². The molecule has 0 bridgehead atoms. The van der Waals surface area contributed by atoms with Crippen molar-refractivity contribution in [3.8, 4) is 22.9 Å². The molecule has 0 spiro atoms. The average Bonchev–Trinajstić information content (AvgIpc) is 3.74. The van der Waals surface area contributed by atoms with Gasteiger partial charge in [0.2, 0.25) is 0 Å². The lowest BCUT2D eigenvalue weighted by Gasteiger charge is -2.47. The van der Waals surface area contributed by atoms with Crippen molar-refractivity contribution in [3.63, 3.8) is 0 Å². The molecular formula is C41H31N5. The van der Waals surface area contributed by atoms with Crippen molar-refractivity contribution in [2.75, 3.05) is 0 Å². The summed E-state index contributed by atoms with van der Waals surface area (Å²) in [6.45, 7) is 4.66. The second kappa shape index (κ2) is 9.85. The molecule has 5 nitrogen and oxygen atoms in total. The van der Waals surface area contributed by atoms with Crippen LogP contribution in [-0.4, -0.2) is 24.9 Å². The van der Waals surface area contributed by atoms with Crippen LogP contribution in [0.4, 0.5) is 0 Å². The first-order valence-corrected chi connectivity index (χ1v) is 15.7. The third kappa shape index (κ3) is 3.78. The molecular weight excluding hydrogens is 562 g/mol. The summed E-state index contributed by atoms with van der Waals surface area (Å²) in [5.74, 6) is 1.60. The number of rotatable bonds is 4. The van der Waals surface area contributed by atoms with Crippen LogP contribution in [0.3, 0.4) is 0 Å². The van der Waals surface area contributed by atoms with Crippen LogP contribution in [0.1, 0.15) is 47.4 Å². The Labute approximate surface area is 267 Å². The lowest BCUT2D eigenvalue weighted by Crippen LogP contribution is -2.42. The molecule has 0 unspecified atom stereocenters. The van der Waals surface area contributed by atoms with Crippen LogP contribution in [0, 0.1) is 0 Å². The van der Waals surface area contributed by atoms with Crippen molar-refractivity contribution < 1.29 is 0 Å². The molecule has 2 N–H and O–H groups in total. The summed E-state index contributed by atoms with van der Waals surface area (Å²) in [4.78, 5) is 22.4. The number of fused-ring (bicyclic) bond motifs is 4. The Morgan fingerprint density at radius 2 is 1.02 bits per heavy atom. The van der Waals surface area contributed by atoms with E-state index in [1.165, 1.54) is 22.3 Å². The molecule has 0 atom stereocenters. The molecule has 46 heavy (non-hydrogen) atoms. The van der Waals surface area contributed by atoms with Gasteiger partial charge in [-0.15, -0.1) is 0 Å². The zero-order chi connectivity index (χ0) is 30.9. The zero-order valence-electron chi connectivity index (χ0n) is 25.6. The van der Waals surface area contributed by atoms with Gasteiger partial charge in [0.1, 0.15) is 11.5 Å². The predicted octanol–water partition coefficient (Wildman–Crippen LogP) is 9.19. The number of imidazole rings is 2. The largest absolute Gasteiger partial charge is 0.338 e. The first kappa shape index (κ1) is 26.6. The molecule has 3 aromatic heterocycles. The highest BCUT2D eigenvalue weighted by Gasteiger charge is 2.49. The van der Waals surface area contributed by atoms with E-state index in [-0.39, 0.29) is 5.41 Å². The zero-order valence-corrected chi connectivity index (χ0v) is 25.6. The number of nitrogens with one attached hydrogen (secondary N) is 2. The lowest BCUT2D eigenvalue weighted by atomic mass is 9.55. The van der Waals surface area contributed by atoms with Gasteiger partial charge in [0.15, 0.2) is 5.82 Å². The maximum Gasteiger partial charge on any atom is 0.157 e. The van der Waals surface area contributed by atoms with Gasteiger partial charge < -0.3 is 9.97 Å². The van der Waals surface area contributed by atoms with Crippen molar-refractivity contribution in [1.82, 2.24) is 24.9 Å². The Morgan fingerprint density at radius 1 is 0.478 bits per heavy atom.